The molecule has 0 aliphatic heterocycles. The average Bonchev–Trinajstić information content (AvgIpc) is 3.07. The Balaban J connectivity index is 2.09. The molecule has 0 spiro atoms. The lowest BCUT2D eigenvalue weighted by molar-refractivity contribution is 0.411. The molecule has 0 unspecified atom stereocenters. The first-order chi connectivity index (χ1) is 11.1. The third-order valence-corrected chi connectivity index (χ3v) is 4.77. The molecule has 0 amide bonds. The highest BCUT2D eigenvalue weighted by atomic mass is 32.1. The Bertz CT molecular complexity index is 826. The van der Waals surface area contributed by atoms with Crippen molar-refractivity contribution < 1.29 is 9.47 Å². The standard InChI is InChI=1S/C18H18N2O2S/c1-11-7-13(8-17(22-4)12(11)2)18-15(10-20-23-18)16-6-5-14(21-3)9-19-16/h5-10H,1-4H3. The lowest BCUT2D eigenvalue weighted by Crippen LogP contribution is -1.92. The lowest BCUT2D eigenvalue weighted by Gasteiger charge is -2.11. The third kappa shape index (κ3) is 2.92. The number of pyridine rings is 1. The molecule has 0 aliphatic rings. The van der Waals surface area contributed by atoms with Gasteiger partial charge in [0.05, 0.1) is 37.2 Å². The van der Waals surface area contributed by atoms with E-state index in [2.05, 4.69) is 35.3 Å². The number of benzene rings is 1. The van der Waals surface area contributed by atoms with Crippen LogP contribution in [0.1, 0.15) is 11.1 Å². The van der Waals surface area contributed by atoms with Gasteiger partial charge >= 0.3 is 0 Å². The average molecular weight is 326 g/mol. The molecule has 0 fully saturated rings. The van der Waals surface area contributed by atoms with Gasteiger partial charge in [-0.05, 0) is 60.3 Å². The van der Waals surface area contributed by atoms with Gasteiger partial charge in [0, 0.05) is 5.56 Å². The van der Waals surface area contributed by atoms with Gasteiger partial charge in [0.1, 0.15) is 11.5 Å². The second-order valence-electron chi connectivity index (χ2n) is 5.27. The van der Waals surface area contributed by atoms with E-state index in [-0.39, 0.29) is 0 Å². The zero-order chi connectivity index (χ0) is 16.4. The van der Waals surface area contributed by atoms with Crippen molar-refractivity contribution in [3.05, 3.63) is 47.8 Å². The number of aryl methyl sites for hydroxylation is 1. The second-order valence-corrected chi connectivity index (χ2v) is 6.07. The van der Waals surface area contributed by atoms with Crippen LogP contribution in [0, 0.1) is 13.8 Å². The number of aromatic nitrogens is 2. The van der Waals surface area contributed by atoms with Crippen LogP contribution in [0.4, 0.5) is 0 Å². The summed E-state index contributed by atoms with van der Waals surface area (Å²) >= 11 is 1.46. The van der Waals surface area contributed by atoms with Crippen LogP contribution >= 0.6 is 11.5 Å². The quantitative estimate of drug-likeness (QED) is 0.708. The molecular weight excluding hydrogens is 308 g/mol. The van der Waals surface area contributed by atoms with Gasteiger partial charge in [-0.3, -0.25) is 4.98 Å². The van der Waals surface area contributed by atoms with Gasteiger partial charge in [-0.15, -0.1) is 0 Å². The maximum Gasteiger partial charge on any atom is 0.137 e. The van der Waals surface area contributed by atoms with E-state index in [1.54, 1.807) is 20.4 Å². The third-order valence-electron chi connectivity index (χ3n) is 3.92. The number of ether oxygens (including phenoxy) is 2. The molecule has 1 aromatic carbocycles. The summed E-state index contributed by atoms with van der Waals surface area (Å²) in [6, 6.07) is 8.08. The minimum atomic E-state index is 0.742. The Morgan fingerprint density at radius 3 is 2.48 bits per heavy atom. The van der Waals surface area contributed by atoms with Crippen molar-refractivity contribution in [2.45, 2.75) is 13.8 Å². The van der Waals surface area contributed by atoms with Gasteiger partial charge < -0.3 is 9.47 Å². The minimum absolute atomic E-state index is 0.742. The van der Waals surface area contributed by atoms with Crippen molar-refractivity contribution in [1.29, 1.82) is 0 Å². The first-order valence-corrected chi connectivity index (χ1v) is 8.02. The highest BCUT2D eigenvalue weighted by Crippen LogP contribution is 2.37. The number of hydrogen-bond donors (Lipinski definition) is 0. The first kappa shape index (κ1) is 15.5. The molecule has 3 aromatic rings. The van der Waals surface area contributed by atoms with Crippen molar-refractivity contribution in [3.8, 4) is 33.2 Å². The Kier molecular flexibility index (Phi) is 4.30. The van der Waals surface area contributed by atoms with Crippen molar-refractivity contribution in [3.63, 3.8) is 0 Å². The van der Waals surface area contributed by atoms with Gasteiger partial charge in [-0.25, -0.2) is 0 Å². The monoisotopic (exact) mass is 326 g/mol. The molecule has 2 aromatic heterocycles. The Morgan fingerprint density at radius 1 is 1.00 bits per heavy atom. The first-order valence-electron chi connectivity index (χ1n) is 7.24. The number of hydrogen-bond acceptors (Lipinski definition) is 5. The van der Waals surface area contributed by atoms with Gasteiger partial charge in [0.2, 0.25) is 0 Å². The molecule has 0 N–H and O–H groups in total. The fourth-order valence-corrected chi connectivity index (χ4v) is 3.20. The summed E-state index contributed by atoms with van der Waals surface area (Å²) in [5, 5.41) is 0. The molecule has 4 nitrogen and oxygen atoms in total. The second kappa shape index (κ2) is 6.38. The number of rotatable bonds is 4. The Hall–Kier alpha value is -2.40. The van der Waals surface area contributed by atoms with Gasteiger partial charge in [-0.2, -0.15) is 4.37 Å². The highest BCUT2D eigenvalue weighted by molar-refractivity contribution is 7.10. The SMILES string of the molecule is COc1ccc(-c2cnsc2-c2cc(C)c(C)c(OC)c2)nc1. The summed E-state index contributed by atoms with van der Waals surface area (Å²) in [7, 11) is 3.33. The van der Waals surface area contributed by atoms with Crippen LogP contribution in [0.25, 0.3) is 21.7 Å². The number of nitrogens with zero attached hydrogens (tertiary/aromatic N) is 2. The van der Waals surface area contributed by atoms with Crippen LogP contribution in [0.5, 0.6) is 11.5 Å². The molecule has 2 heterocycles. The van der Waals surface area contributed by atoms with Gasteiger partial charge in [0.15, 0.2) is 0 Å². The molecule has 118 valence electrons. The highest BCUT2D eigenvalue weighted by Gasteiger charge is 2.14. The maximum absolute atomic E-state index is 5.49. The summed E-state index contributed by atoms with van der Waals surface area (Å²) in [5.74, 6) is 1.63. The molecule has 5 heteroatoms. The van der Waals surface area contributed by atoms with E-state index in [0.717, 1.165) is 38.8 Å². The molecule has 3 rings (SSSR count). The molecule has 0 saturated heterocycles. The smallest absolute Gasteiger partial charge is 0.137 e. The van der Waals surface area contributed by atoms with Crippen molar-refractivity contribution in [2.24, 2.45) is 0 Å². The molecule has 0 radical (unpaired) electrons. The Morgan fingerprint density at radius 2 is 1.83 bits per heavy atom. The van der Waals surface area contributed by atoms with Crippen molar-refractivity contribution >= 4 is 11.5 Å². The number of methoxy groups -OCH3 is 2. The fraction of sp³-hybridized carbons (Fsp3) is 0.222. The zero-order valence-corrected chi connectivity index (χ0v) is 14.4. The van der Waals surface area contributed by atoms with Crippen LogP contribution in [0.15, 0.2) is 36.7 Å². The van der Waals surface area contributed by atoms with E-state index >= 15 is 0 Å². The van der Waals surface area contributed by atoms with Crippen LogP contribution in [0.3, 0.4) is 0 Å². The minimum Gasteiger partial charge on any atom is -0.496 e. The molecule has 0 bridgehead atoms. The van der Waals surface area contributed by atoms with Crippen LogP contribution in [-0.4, -0.2) is 23.6 Å². The van der Waals surface area contributed by atoms with E-state index in [1.807, 2.05) is 18.3 Å². The van der Waals surface area contributed by atoms with Gasteiger partial charge in [0.25, 0.3) is 0 Å². The molecule has 0 aliphatic carbocycles. The van der Waals surface area contributed by atoms with Crippen LogP contribution in [0.2, 0.25) is 0 Å². The van der Waals surface area contributed by atoms with Crippen molar-refractivity contribution in [2.75, 3.05) is 14.2 Å². The summed E-state index contributed by atoms with van der Waals surface area (Å²) in [4.78, 5) is 5.56. The summed E-state index contributed by atoms with van der Waals surface area (Å²) in [6.07, 6.45) is 3.58. The molecule has 23 heavy (non-hydrogen) atoms. The van der Waals surface area contributed by atoms with E-state index in [4.69, 9.17) is 9.47 Å². The molecule has 0 saturated carbocycles. The predicted molar refractivity (Wildman–Crippen MR) is 93.4 cm³/mol. The zero-order valence-electron chi connectivity index (χ0n) is 13.6. The Labute approximate surface area is 139 Å². The van der Waals surface area contributed by atoms with E-state index < -0.39 is 0 Å². The van der Waals surface area contributed by atoms with Crippen LogP contribution < -0.4 is 9.47 Å². The summed E-state index contributed by atoms with van der Waals surface area (Å²) in [5.41, 5.74) is 5.35. The normalized spacial score (nSPS) is 10.6. The predicted octanol–water partition coefficient (Wildman–Crippen LogP) is 4.51. The summed E-state index contributed by atoms with van der Waals surface area (Å²) in [6.45, 7) is 4.16. The fourth-order valence-electron chi connectivity index (χ4n) is 2.46. The summed E-state index contributed by atoms with van der Waals surface area (Å²) < 4.78 is 15.0. The van der Waals surface area contributed by atoms with Gasteiger partial charge in [-0.1, -0.05) is 6.07 Å². The molecule has 0 atom stereocenters. The topological polar surface area (TPSA) is 44.2 Å². The van der Waals surface area contributed by atoms with Crippen LogP contribution in [-0.2, 0) is 0 Å². The van der Waals surface area contributed by atoms with E-state index in [9.17, 15) is 0 Å². The van der Waals surface area contributed by atoms with E-state index in [1.165, 1.54) is 17.1 Å². The van der Waals surface area contributed by atoms with Crippen molar-refractivity contribution in [1.82, 2.24) is 9.36 Å². The largest absolute Gasteiger partial charge is 0.496 e. The lowest BCUT2D eigenvalue weighted by atomic mass is 10.0. The molecular formula is C18H18N2O2S. The maximum atomic E-state index is 5.49. The van der Waals surface area contributed by atoms with E-state index in [0.29, 0.717) is 0 Å².